The maximum absolute atomic E-state index is 15.8. The molecule has 141 heavy (non-hydrogen) atoms. The van der Waals surface area contributed by atoms with E-state index in [9.17, 15) is 15.0 Å². The molecular weight excluding hydrogens is 1830 g/mol. The first-order valence-electron chi connectivity index (χ1n) is 46.6. The van der Waals surface area contributed by atoms with Crippen LogP contribution in [0, 0.1) is 0 Å². The van der Waals surface area contributed by atoms with Gasteiger partial charge in [0.25, 0.3) is 10.1 Å². The van der Waals surface area contributed by atoms with Crippen molar-refractivity contribution in [2.75, 3.05) is 45.9 Å². The maximum Gasteiger partial charge on any atom is 0.338 e. The van der Waals surface area contributed by atoms with Crippen molar-refractivity contribution in [3.05, 3.63) is 419 Å². The summed E-state index contributed by atoms with van der Waals surface area (Å²) in [4.78, 5) is 61.4. The van der Waals surface area contributed by atoms with Gasteiger partial charge < -0.3 is 105 Å². The van der Waals surface area contributed by atoms with Crippen molar-refractivity contribution in [1.29, 1.82) is 0 Å². The Bertz CT molecular complexity index is 5910. The van der Waals surface area contributed by atoms with Crippen LogP contribution in [-0.4, -0.2) is 211 Å². The number of hydrogen-bond acceptors (Lipinski definition) is 29. The van der Waals surface area contributed by atoms with Crippen LogP contribution in [0.4, 0.5) is 0 Å². The third kappa shape index (κ3) is 27.6. The number of benzene rings is 12. The Morgan fingerprint density at radius 2 is 0.674 bits per heavy atom. The summed E-state index contributed by atoms with van der Waals surface area (Å²) in [6.45, 7) is -2.75. The van der Waals surface area contributed by atoms with Crippen LogP contribution < -0.4 is 9.47 Å². The normalized spacial score (nSPS) is 25.0. The Labute approximate surface area is 818 Å². The Morgan fingerprint density at radius 3 is 1.10 bits per heavy atom. The molecule has 0 saturated carbocycles. The van der Waals surface area contributed by atoms with E-state index in [4.69, 9.17) is 98.9 Å². The van der Waals surface area contributed by atoms with Gasteiger partial charge in [-0.25, -0.2) is 19.2 Å². The van der Waals surface area contributed by atoms with Crippen LogP contribution in [0.5, 0.6) is 11.5 Å². The maximum atomic E-state index is 15.8. The minimum atomic E-state index is -5.03. The lowest BCUT2D eigenvalue weighted by atomic mass is 9.90. The van der Waals surface area contributed by atoms with E-state index in [1.165, 1.54) is 62.6 Å². The van der Waals surface area contributed by atoms with Crippen LogP contribution in [0.25, 0.3) is 0 Å². The average Bonchev–Trinajstić information content (AvgIpc) is 0.729. The fourth-order valence-electron chi connectivity index (χ4n) is 17.1. The molecule has 736 valence electrons. The third-order valence-corrected chi connectivity index (χ3v) is 25.4. The fourth-order valence-corrected chi connectivity index (χ4v) is 18.3. The molecule has 29 nitrogen and oxygen atoms in total. The first-order chi connectivity index (χ1) is 69.0. The van der Waals surface area contributed by atoms with E-state index < -0.39 is 195 Å². The Morgan fingerprint density at radius 1 is 0.333 bits per heavy atom. The summed E-state index contributed by atoms with van der Waals surface area (Å²) in [6.07, 6.45) is -34.2. The van der Waals surface area contributed by atoms with E-state index in [1.54, 1.807) is 127 Å². The van der Waals surface area contributed by atoms with Crippen molar-refractivity contribution in [3.63, 3.8) is 0 Å². The Kier molecular flexibility index (Phi) is 36.4. The van der Waals surface area contributed by atoms with Gasteiger partial charge in [0.05, 0.1) is 95.4 Å². The molecule has 0 spiro atoms. The number of carbonyl (C=O) groups is 4. The number of aliphatic hydroxyl groups excluding tert-OH is 2. The highest BCUT2D eigenvalue weighted by molar-refractivity contribution is 7.86. The van der Waals surface area contributed by atoms with Crippen LogP contribution in [0.3, 0.4) is 0 Å². The van der Waals surface area contributed by atoms with E-state index in [0.29, 0.717) is 28.0 Å². The van der Waals surface area contributed by atoms with Gasteiger partial charge in [-0.2, -0.15) is 8.42 Å². The lowest BCUT2D eigenvalue weighted by Crippen LogP contribution is -2.73. The Hall–Kier alpha value is -12.6. The lowest BCUT2D eigenvalue weighted by molar-refractivity contribution is -0.415. The number of hydrogen-bond donors (Lipinski definition) is 2. The van der Waals surface area contributed by atoms with Gasteiger partial charge in [-0.15, -0.1) is 0 Å². The molecule has 0 aromatic heterocycles. The molecule has 4 aliphatic rings. The first kappa shape index (κ1) is 101. The molecule has 0 aliphatic carbocycles. The number of esters is 4. The third-order valence-electron chi connectivity index (χ3n) is 24.0. The number of rotatable bonds is 46. The molecule has 4 saturated heterocycles. The van der Waals surface area contributed by atoms with Gasteiger partial charge in [-0.1, -0.05) is 285 Å². The van der Waals surface area contributed by atoms with E-state index in [1.807, 2.05) is 182 Å². The SMILES string of the molecule is CCOS(=O)(=O)C[C@]1(O[C@@H]2[C@H](O)[C@@H](OC(=O)c3ccccc3)[C@H](O[C@H]3[C@H](O[C@@H]4O[C@@H](CO)[C@@H](OCc5ccccc5)[C@@H](OCc5ccccc5)[C@@H]4OCc4ccccc4)[C@@H](OC(=O)c4ccccc4)[C@H](Oc4ccc(OC)cc4)O[C@@H]3COC(=O)c3ccccc3)O[C@@H]2COC(=O)c2ccccc2)O[C@H](COCc2ccccc2)[C@@H](OCc2ccccc2)[C@H](OCc2ccccc2)[C@H]1OCc1ccccc1. The summed E-state index contributed by atoms with van der Waals surface area (Å²) in [5.74, 6) is -7.65. The van der Waals surface area contributed by atoms with Gasteiger partial charge in [0.2, 0.25) is 12.1 Å². The second-order valence-corrected chi connectivity index (χ2v) is 35.5. The van der Waals surface area contributed by atoms with Gasteiger partial charge in [-0.3, -0.25) is 4.18 Å². The fraction of sp³-hybridized carbons (Fsp3) is 0.315. The second-order valence-electron chi connectivity index (χ2n) is 33.9. The molecular formula is C111H112O29S. The molecule has 0 unspecified atom stereocenters. The smallest absolute Gasteiger partial charge is 0.338 e. The highest BCUT2D eigenvalue weighted by Crippen LogP contribution is 2.45. The summed E-state index contributed by atoms with van der Waals surface area (Å²) in [6, 6.07) is 102. The first-order valence-corrected chi connectivity index (χ1v) is 48.2. The minimum Gasteiger partial charge on any atom is -0.497 e. The van der Waals surface area contributed by atoms with Crippen molar-refractivity contribution in [2.24, 2.45) is 0 Å². The van der Waals surface area contributed by atoms with Crippen molar-refractivity contribution in [2.45, 2.75) is 175 Å². The summed E-state index contributed by atoms with van der Waals surface area (Å²) < 4.78 is 178. The van der Waals surface area contributed by atoms with Crippen LogP contribution in [0.15, 0.2) is 358 Å². The van der Waals surface area contributed by atoms with E-state index in [2.05, 4.69) is 0 Å². The lowest BCUT2D eigenvalue weighted by Gasteiger charge is -2.55. The Balaban J connectivity index is 0.894. The number of ether oxygens (including phenoxy) is 20. The minimum absolute atomic E-state index is 0.00400. The number of methoxy groups -OCH3 is 1. The molecule has 16 rings (SSSR count). The standard InChI is InChI=1S/C111H112O29S/c1-3-130-141(118,119)74-111(103(127-70-81-49-27-10-28-50-81)100(125-68-79-45-23-8-24-46-79)95(123-66-77-41-19-6-20-42-77)91(139-111)71-121-64-75-37-15-4-16-38-75)140-93-89(72-128-104(114)82-51-29-11-30-52-82)133-108(97(92(93)113)135-106(116)84-55-33-13-34-56-84)137-96-90(73-129-105(115)83-53-31-12-32-54-83)134-110(131-87-61-59-86(120-2)60-62-87)102(136-107(117)85-57-35-14-36-58-85)99(96)138-109-101(126-69-80-47-25-9-26-48-80)98(124-67-78-43-21-7-22-44-78)94(88(63-112)132-109)122-65-76-39-17-5-18-40-76/h4-62,88-103,108-110,112-113H,3,63-74H2,1-2H3/t88-,89+,90+,91+,92-,93-,94+,95+,96+,97+,98+,99-,100-,101-,102+,103+,108-,109-,110+,111+/m0/s1. The van der Waals surface area contributed by atoms with Crippen LogP contribution >= 0.6 is 0 Å². The van der Waals surface area contributed by atoms with Gasteiger partial charge in [0.1, 0.15) is 116 Å². The predicted octanol–water partition coefficient (Wildman–Crippen LogP) is 15.1. The molecule has 30 heteroatoms. The van der Waals surface area contributed by atoms with Gasteiger partial charge in [0.15, 0.2) is 24.8 Å². The topological polar surface area (TPSA) is 337 Å². The number of aliphatic hydroxyl groups is 2. The summed E-state index contributed by atoms with van der Waals surface area (Å²) in [5.41, 5.74) is 4.85. The quantitative estimate of drug-likeness (QED) is 0.0203. The van der Waals surface area contributed by atoms with Crippen molar-refractivity contribution in [1.82, 2.24) is 0 Å². The molecule has 0 bridgehead atoms. The average molecular weight is 1940 g/mol. The second kappa shape index (κ2) is 50.7. The van der Waals surface area contributed by atoms with Crippen molar-refractivity contribution < 1.29 is 137 Å². The molecule has 4 aliphatic heterocycles. The van der Waals surface area contributed by atoms with Crippen molar-refractivity contribution in [3.8, 4) is 11.5 Å². The van der Waals surface area contributed by atoms with Crippen molar-refractivity contribution >= 4 is 34.0 Å². The largest absolute Gasteiger partial charge is 0.497 e. The van der Waals surface area contributed by atoms with E-state index >= 15 is 22.8 Å². The summed E-state index contributed by atoms with van der Waals surface area (Å²) in [7, 11) is -3.55. The monoisotopic (exact) mass is 1940 g/mol. The zero-order chi connectivity index (χ0) is 97.5. The zero-order valence-corrected chi connectivity index (χ0v) is 78.4. The highest BCUT2D eigenvalue weighted by atomic mass is 32.2. The van der Waals surface area contributed by atoms with Crippen LogP contribution in [-0.2, 0) is 146 Å². The molecule has 12 aromatic rings. The summed E-state index contributed by atoms with van der Waals surface area (Å²) in [5, 5.41) is 26.7. The predicted molar refractivity (Wildman–Crippen MR) is 511 cm³/mol. The molecule has 20 atom stereocenters. The van der Waals surface area contributed by atoms with Gasteiger partial charge >= 0.3 is 23.9 Å². The van der Waals surface area contributed by atoms with Crippen LogP contribution in [0.1, 0.15) is 87.3 Å². The number of carbonyl (C=O) groups excluding carboxylic acids is 4. The van der Waals surface area contributed by atoms with Gasteiger partial charge in [-0.05, 0) is 119 Å². The molecule has 4 fully saturated rings. The zero-order valence-electron chi connectivity index (χ0n) is 77.6. The van der Waals surface area contributed by atoms with E-state index in [0.717, 1.165) is 16.7 Å². The molecule has 2 N–H and O–H groups in total. The van der Waals surface area contributed by atoms with E-state index in [-0.39, 0.29) is 74.3 Å². The molecule has 0 amide bonds. The summed E-state index contributed by atoms with van der Waals surface area (Å²) >= 11 is 0. The van der Waals surface area contributed by atoms with Crippen LogP contribution in [0.2, 0.25) is 0 Å². The highest BCUT2D eigenvalue weighted by Gasteiger charge is 2.65. The van der Waals surface area contributed by atoms with Gasteiger partial charge in [0, 0.05) is 0 Å². The molecule has 0 radical (unpaired) electrons. The molecule has 12 aromatic carbocycles. The molecule has 4 heterocycles.